The number of benzene rings is 2. The van der Waals surface area contributed by atoms with Crippen LogP contribution in [0, 0.1) is 5.92 Å². The number of carbonyl (C=O) groups excluding carboxylic acids is 1. The van der Waals surface area contributed by atoms with Crippen molar-refractivity contribution >= 4 is 21.8 Å². The van der Waals surface area contributed by atoms with Gasteiger partial charge in [0.1, 0.15) is 0 Å². The highest BCUT2D eigenvalue weighted by molar-refractivity contribution is 9.10. The summed E-state index contributed by atoms with van der Waals surface area (Å²) >= 11 is 3.32. The van der Waals surface area contributed by atoms with Crippen molar-refractivity contribution in [2.24, 2.45) is 5.92 Å². The molecule has 1 fully saturated rings. The summed E-state index contributed by atoms with van der Waals surface area (Å²) in [6.45, 7) is 0.661. The van der Waals surface area contributed by atoms with Crippen LogP contribution < -0.4 is 0 Å². The maximum absolute atomic E-state index is 13.0. The molecule has 1 aliphatic carbocycles. The van der Waals surface area contributed by atoms with Crippen LogP contribution in [0.25, 0.3) is 0 Å². The van der Waals surface area contributed by atoms with E-state index in [1.54, 1.807) is 4.90 Å². The maximum atomic E-state index is 13.0. The molecule has 0 N–H and O–H groups in total. The standard InChI is InChI=1S/C20H19BrF3NO/c21-18-9-8-17(20(22,23)24)12-16(18)13-25(19(26)15-6-7-15)11-10-14-4-2-1-3-5-14/h1-5,8-9,12,15H,6-7,10-11,13H2. The highest BCUT2D eigenvalue weighted by atomic mass is 79.9. The number of nitrogens with zero attached hydrogens (tertiary/aromatic N) is 1. The van der Waals surface area contributed by atoms with Crippen LogP contribution in [0.1, 0.15) is 29.5 Å². The largest absolute Gasteiger partial charge is 0.416 e. The van der Waals surface area contributed by atoms with Crippen molar-refractivity contribution in [2.45, 2.75) is 32.0 Å². The van der Waals surface area contributed by atoms with Gasteiger partial charge in [-0.2, -0.15) is 13.2 Å². The Labute approximate surface area is 159 Å². The highest BCUT2D eigenvalue weighted by Crippen LogP contribution is 2.34. The second-order valence-electron chi connectivity index (χ2n) is 6.57. The van der Waals surface area contributed by atoms with Crippen LogP contribution in [0.4, 0.5) is 13.2 Å². The molecule has 0 radical (unpaired) electrons. The number of halogens is 4. The smallest absolute Gasteiger partial charge is 0.338 e. The molecule has 0 aliphatic heterocycles. The third-order valence-corrected chi connectivity index (χ3v) is 5.26. The summed E-state index contributed by atoms with van der Waals surface area (Å²) in [6, 6.07) is 13.3. The number of rotatable bonds is 6. The molecular formula is C20H19BrF3NO. The zero-order chi connectivity index (χ0) is 18.7. The van der Waals surface area contributed by atoms with Crippen molar-refractivity contribution in [3.05, 3.63) is 69.7 Å². The lowest BCUT2D eigenvalue weighted by Gasteiger charge is -2.24. The van der Waals surface area contributed by atoms with Crippen LogP contribution in [0.5, 0.6) is 0 Å². The molecule has 2 nitrogen and oxygen atoms in total. The summed E-state index contributed by atoms with van der Waals surface area (Å²) < 4.78 is 39.6. The van der Waals surface area contributed by atoms with Crippen LogP contribution in [-0.2, 0) is 23.9 Å². The summed E-state index contributed by atoms with van der Waals surface area (Å²) in [6.07, 6.45) is -1.99. The molecular weight excluding hydrogens is 407 g/mol. The lowest BCUT2D eigenvalue weighted by Crippen LogP contribution is -2.33. The first-order valence-corrected chi connectivity index (χ1v) is 9.32. The van der Waals surface area contributed by atoms with Gasteiger partial charge < -0.3 is 4.90 Å². The van der Waals surface area contributed by atoms with Gasteiger partial charge in [0.25, 0.3) is 0 Å². The molecule has 2 aromatic rings. The molecule has 1 aliphatic rings. The van der Waals surface area contributed by atoms with E-state index >= 15 is 0 Å². The fourth-order valence-corrected chi connectivity index (χ4v) is 3.21. The van der Waals surface area contributed by atoms with Gasteiger partial charge >= 0.3 is 6.18 Å². The van der Waals surface area contributed by atoms with E-state index in [0.717, 1.165) is 30.5 Å². The van der Waals surface area contributed by atoms with Crippen LogP contribution >= 0.6 is 15.9 Å². The van der Waals surface area contributed by atoms with E-state index in [1.165, 1.54) is 6.07 Å². The van der Waals surface area contributed by atoms with Gasteiger partial charge in [0.2, 0.25) is 5.91 Å². The lowest BCUT2D eigenvalue weighted by atomic mass is 10.1. The van der Waals surface area contributed by atoms with Gasteiger partial charge in [-0.1, -0.05) is 46.3 Å². The number of hydrogen-bond acceptors (Lipinski definition) is 1. The minimum Gasteiger partial charge on any atom is -0.338 e. The normalized spacial score (nSPS) is 14.3. The van der Waals surface area contributed by atoms with Crippen molar-refractivity contribution in [3.8, 4) is 0 Å². The summed E-state index contributed by atoms with van der Waals surface area (Å²) in [5.41, 5.74) is 0.878. The molecule has 26 heavy (non-hydrogen) atoms. The second-order valence-corrected chi connectivity index (χ2v) is 7.43. The molecule has 0 heterocycles. The Morgan fingerprint density at radius 2 is 1.81 bits per heavy atom. The fourth-order valence-electron chi connectivity index (χ4n) is 2.84. The molecule has 0 unspecified atom stereocenters. The van der Waals surface area contributed by atoms with Crippen LogP contribution in [-0.4, -0.2) is 17.4 Å². The summed E-state index contributed by atoms with van der Waals surface area (Å²) in [5.74, 6) is 0.0561. The highest BCUT2D eigenvalue weighted by Gasteiger charge is 2.34. The van der Waals surface area contributed by atoms with Crippen molar-refractivity contribution < 1.29 is 18.0 Å². The summed E-state index contributed by atoms with van der Waals surface area (Å²) in [5, 5.41) is 0. The quantitative estimate of drug-likeness (QED) is 0.602. The topological polar surface area (TPSA) is 20.3 Å². The summed E-state index contributed by atoms with van der Waals surface area (Å²) in [4.78, 5) is 14.3. The van der Waals surface area contributed by atoms with Crippen LogP contribution in [0.15, 0.2) is 53.0 Å². The number of carbonyl (C=O) groups is 1. The van der Waals surface area contributed by atoms with Gasteiger partial charge in [-0.25, -0.2) is 0 Å². The van der Waals surface area contributed by atoms with Gasteiger partial charge in [-0.3, -0.25) is 4.79 Å². The molecule has 2 aromatic carbocycles. The molecule has 0 bridgehead atoms. The van der Waals surface area contributed by atoms with Gasteiger partial charge in [-0.05, 0) is 48.6 Å². The average Bonchev–Trinajstić information content (AvgIpc) is 3.44. The van der Waals surface area contributed by atoms with Crippen molar-refractivity contribution in [1.29, 1.82) is 0 Å². The minimum absolute atomic E-state index is 0.0235. The van der Waals surface area contributed by atoms with E-state index in [2.05, 4.69) is 15.9 Å². The molecule has 0 atom stereocenters. The van der Waals surface area contributed by atoms with E-state index in [9.17, 15) is 18.0 Å². The van der Waals surface area contributed by atoms with E-state index in [4.69, 9.17) is 0 Å². The van der Waals surface area contributed by atoms with Gasteiger partial charge in [0, 0.05) is 23.5 Å². The zero-order valence-corrected chi connectivity index (χ0v) is 15.7. The zero-order valence-electron chi connectivity index (χ0n) is 14.1. The van der Waals surface area contributed by atoms with Gasteiger partial charge in [-0.15, -0.1) is 0 Å². The molecule has 3 rings (SSSR count). The van der Waals surface area contributed by atoms with E-state index in [1.807, 2.05) is 30.3 Å². The SMILES string of the molecule is O=C(C1CC1)N(CCc1ccccc1)Cc1cc(C(F)(F)F)ccc1Br. The summed E-state index contributed by atoms with van der Waals surface area (Å²) in [7, 11) is 0. The van der Waals surface area contributed by atoms with Crippen molar-refractivity contribution in [1.82, 2.24) is 4.90 Å². The number of amides is 1. The van der Waals surface area contributed by atoms with E-state index < -0.39 is 11.7 Å². The number of hydrogen-bond donors (Lipinski definition) is 0. The van der Waals surface area contributed by atoms with E-state index in [-0.39, 0.29) is 18.4 Å². The molecule has 1 saturated carbocycles. The second kappa shape index (κ2) is 7.82. The minimum atomic E-state index is -4.40. The monoisotopic (exact) mass is 425 g/mol. The Balaban J connectivity index is 1.78. The predicted molar refractivity (Wildman–Crippen MR) is 97.4 cm³/mol. The Morgan fingerprint density at radius 3 is 2.42 bits per heavy atom. The van der Waals surface area contributed by atoms with Crippen LogP contribution in [0.3, 0.4) is 0 Å². The number of alkyl halides is 3. The molecule has 138 valence electrons. The lowest BCUT2D eigenvalue weighted by molar-refractivity contribution is -0.137. The van der Waals surface area contributed by atoms with E-state index in [0.29, 0.717) is 23.0 Å². The third kappa shape index (κ3) is 4.87. The van der Waals surface area contributed by atoms with Gasteiger partial charge in [0.15, 0.2) is 0 Å². The van der Waals surface area contributed by atoms with Gasteiger partial charge in [0.05, 0.1) is 5.56 Å². The molecule has 6 heteroatoms. The molecule has 0 spiro atoms. The first-order valence-electron chi connectivity index (χ1n) is 8.53. The predicted octanol–water partition coefficient (Wildman–Crippen LogP) is 5.45. The molecule has 0 saturated heterocycles. The Bertz CT molecular complexity index is 772. The first kappa shape index (κ1) is 19.0. The molecule has 0 aromatic heterocycles. The Kier molecular flexibility index (Phi) is 5.70. The fraction of sp³-hybridized carbons (Fsp3) is 0.350. The van der Waals surface area contributed by atoms with Crippen molar-refractivity contribution in [2.75, 3.05) is 6.54 Å². The average molecular weight is 426 g/mol. The van der Waals surface area contributed by atoms with Crippen molar-refractivity contribution in [3.63, 3.8) is 0 Å². The first-order chi connectivity index (χ1) is 12.3. The Morgan fingerprint density at radius 1 is 1.12 bits per heavy atom. The maximum Gasteiger partial charge on any atom is 0.416 e. The Hall–Kier alpha value is -1.82. The molecule has 1 amide bonds. The van der Waals surface area contributed by atoms with Crippen LogP contribution in [0.2, 0.25) is 0 Å². The third-order valence-electron chi connectivity index (χ3n) is 4.49.